The molecule has 3 heterocycles. The van der Waals surface area contributed by atoms with Crippen LogP contribution in [0.1, 0.15) is 6.92 Å². The molecule has 0 amide bonds. The smallest absolute Gasteiger partial charge is 0.155 e. The summed E-state index contributed by atoms with van der Waals surface area (Å²) in [6, 6.07) is 4.15. The molecule has 1 fully saturated rings. The summed E-state index contributed by atoms with van der Waals surface area (Å²) < 4.78 is 7.53. The van der Waals surface area contributed by atoms with E-state index in [-0.39, 0.29) is 12.6 Å². The molecule has 0 bridgehead atoms. The van der Waals surface area contributed by atoms with Crippen molar-refractivity contribution in [2.75, 3.05) is 38.7 Å². The number of nitrogens with one attached hydrogen (secondary N) is 1. The number of aromatic nitrogens is 3. The molecule has 2 N–H and O–H groups in total. The van der Waals surface area contributed by atoms with Crippen LogP contribution in [0.2, 0.25) is 0 Å². The Hall–Kier alpha value is -1.96. The van der Waals surface area contributed by atoms with Gasteiger partial charge in [-0.05, 0) is 26.1 Å². The maximum atomic E-state index is 9.88. The lowest BCUT2D eigenvalue weighted by molar-refractivity contribution is -0.101. The van der Waals surface area contributed by atoms with Gasteiger partial charge < -0.3 is 19.7 Å². The van der Waals surface area contributed by atoms with Crippen LogP contribution in [-0.4, -0.2) is 69.5 Å². The molecule has 3 rings (SSSR count). The molecule has 124 valence electrons. The minimum atomic E-state index is -0.446. The van der Waals surface area contributed by atoms with Gasteiger partial charge in [-0.25, -0.2) is 9.97 Å². The predicted molar refractivity (Wildman–Crippen MR) is 87.7 cm³/mol. The first-order valence-electron chi connectivity index (χ1n) is 7.75. The maximum absolute atomic E-state index is 9.88. The molecule has 0 saturated carbocycles. The van der Waals surface area contributed by atoms with Crippen molar-refractivity contribution >= 4 is 5.82 Å². The van der Waals surface area contributed by atoms with Gasteiger partial charge in [0.15, 0.2) is 5.82 Å². The van der Waals surface area contributed by atoms with Crippen LogP contribution in [0.4, 0.5) is 5.82 Å². The van der Waals surface area contributed by atoms with E-state index in [1.165, 1.54) is 0 Å². The Morgan fingerprint density at radius 3 is 2.78 bits per heavy atom. The Labute approximate surface area is 135 Å². The van der Waals surface area contributed by atoms with E-state index in [0.717, 1.165) is 5.82 Å². The quantitative estimate of drug-likeness (QED) is 0.848. The van der Waals surface area contributed by atoms with Crippen LogP contribution in [0, 0.1) is 0 Å². The second kappa shape index (κ2) is 6.66. The van der Waals surface area contributed by atoms with Gasteiger partial charge in [0, 0.05) is 25.0 Å². The molecule has 0 spiro atoms. The molecule has 0 unspecified atom stereocenters. The topological polar surface area (TPSA) is 75.4 Å². The van der Waals surface area contributed by atoms with Crippen molar-refractivity contribution in [3.05, 3.63) is 36.9 Å². The molecule has 2 aromatic heterocycles. The molecule has 0 aliphatic carbocycles. The average molecular weight is 317 g/mol. The van der Waals surface area contributed by atoms with Crippen LogP contribution in [-0.2, 0) is 4.74 Å². The number of likely N-dealkylation sites (N-methyl/N-ethyl adjacent to an activating group) is 1. The van der Waals surface area contributed by atoms with Crippen molar-refractivity contribution in [3.8, 4) is 5.82 Å². The minimum Gasteiger partial charge on any atom is -0.394 e. The number of rotatable bonds is 5. The van der Waals surface area contributed by atoms with Crippen molar-refractivity contribution in [1.29, 1.82) is 0 Å². The first kappa shape index (κ1) is 15.9. The SMILES string of the molecule is C[C@@H]1COC[C@@](CO)(CNc2cnc(-n3cccc3)cn2)N1C. The number of nitrogens with zero attached hydrogens (tertiary/aromatic N) is 4. The standard InChI is InChI=1S/C16H23N5O2/c1-13-9-23-12-16(11-22,20(13)2)10-19-14-7-18-15(8-17-14)21-5-3-4-6-21/h3-8,13,22H,9-12H2,1-2H3,(H,17,19)/t13-,16+/m1/s1. The zero-order valence-electron chi connectivity index (χ0n) is 13.5. The second-order valence-electron chi connectivity index (χ2n) is 6.06. The lowest BCUT2D eigenvalue weighted by Gasteiger charge is -2.47. The molecule has 7 heteroatoms. The summed E-state index contributed by atoms with van der Waals surface area (Å²) in [5.41, 5.74) is -0.446. The fraction of sp³-hybridized carbons (Fsp3) is 0.500. The third kappa shape index (κ3) is 3.21. The third-order valence-corrected chi connectivity index (χ3v) is 4.54. The molecule has 2 atom stereocenters. The van der Waals surface area contributed by atoms with Crippen molar-refractivity contribution in [1.82, 2.24) is 19.4 Å². The fourth-order valence-corrected chi connectivity index (χ4v) is 2.78. The zero-order chi connectivity index (χ0) is 16.3. The van der Waals surface area contributed by atoms with Crippen LogP contribution in [0.3, 0.4) is 0 Å². The first-order chi connectivity index (χ1) is 11.1. The highest BCUT2D eigenvalue weighted by Crippen LogP contribution is 2.22. The van der Waals surface area contributed by atoms with Gasteiger partial charge in [0.25, 0.3) is 0 Å². The Bertz CT molecular complexity index is 616. The van der Waals surface area contributed by atoms with E-state index in [9.17, 15) is 5.11 Å². The second-order valence-corrected chi connectivity index (χ2v) is 6.06. The normalized spacial score (nSPS) is 25.4. The largest absolute Gasteiger partial charge is 0.394 e. The molecule has 1 aliphatic rings. The van der Waals surface area contributed by atoms with E-state index in [2.05, 4.69) is 27.1 Å². The van der Waals surface area contributed by atoms with Crippen LogP contribution in [0.5, 0.6) is 0 Å². The van der Waals surface area contributed by atoms with Crippen molar-refractivity contribution < 1.29 is 9.84 Å². The van der Waals surface area contributed by atoms with E-state index in [0.29, 0.717) is 25.6 Å². The summed E-state index contributed by atoms with van der Waals surface area (Å²) in [6.45, 7) is 3.84. The maximum Gasteiger partial charge on any atom is 0.155 e. The molecule has 23 heavy (non-hydrogen) atoms. The number of hydrogen-bond donors (Lipinski definition) is 2. The molecule has 0 radical (unpaired) electrons. The van der Waals surface area contributed by atoms with Crippen LogP contribution in [0.15, 0.2) is 36.9 Å². The molecule has 2 aromatic rings. The monoisotopic (exact) mass is 317 g/mol. The highest BCUT2D eigenvalue weighted by molar-refractivity contribution is 5.35. The average Bonchev–Trinajstić information content (AvgIpc) is 3.12. The Balaban J connectivity index is 1.67. The Morgan fingerprint density at radius 1 is 1.35 bits per heavy atom. The van der Waals surface area contributed by atoms with Crippen LogP contribution in [0.25, 0.3) is 5.82 Å². The number of aliphatic hydroxyl groups excluding tert-OH is 1. The van der Waals surface area contributed by atoms with Crippen molar-refractivity contribution in [2.45, 2.75) is 18.5 Å². The van der Waals surface area contributed by atoms with E-state index in [4.69, 9.17) is 4.74 Å². The number of hydrogen-bond acceptors (Lipinski definition) is 6. The van der Waals surface area contributed by atoms with Gasteiger partial charge in [0.2, 0.25) is 0 Å². The number of aliphatic hydroxyl groups is 1. The molecule has 1 saturated heterocycles. The van der Waals surface area contributed by atoms with Gasteiger partial charge in [0.1, 0.15) is 5.82 Å². The molecule has 0 aromatic carbocycles. The summed E-state index contributed by atoms with van der Waals surface area (Å²) in [5, 5.41) is 13.1. The Kier molecular flexibility index (Phi) is 4.61. The van der Waals surface area contributed by atoms with Gasteiger partial charge >= 0.3 is 0 Å². The molecular weight excluding hydrogens is 294 g/mol. The first-order valence-corrected chi connectivity index (χ1v) is 7.75. The summed E-state index contributed by atoms with van der Waals surface area (Å²) in [6.07, 6.45) is 7.27. The number of morpholine rings is 1. The van der Waals surface area contributed by atoms with Crippen LogP contribution >= 0.6 is 0 Å². The fourth-order valence-electron chi connectivity index (χ4n) is 2.78. The molecule has 1 aliphatic heterocycles. The summed E-state index contributed by atoms with van der Waals surface area (Å²) in [4.78, 5) is 11.0. The van der Waals surface area contributed by atoms with Gasteiger partial charge in [-0.1, -0.05) is 0 Å². The highest BCUT2D eigenvalue weighted by atomic mass is 16.5. The Morgan fingerprint density at radius 2 is 2.13 bits per heavy atom. The van der Waals surface area contributed by atoms with Gasteiger partial charge in [-0.2, -0.15) is 0 Å². The summed E-state index contributed by atoms with van der Waals surface area (Å²) in [5.74, 6) is 1.45. The number of anilines is 1. The number of ether oxygens (including phenoxy) is 1. The highest BCUT2D eigenvalue weighted by Gasteiger charge is 2.40. The summed E-state index contributed by atoms with van der Waals surface area (Å²) in [7, 11) is 2.02. The lowest BCUT2D eigenvalue weighted by atomic mass is 9.96. The van der Waals surface area contributed by atoms with Gasteiger partial charge in [-0.15, -0.1) is 0 Å². The van der Waals surface area contributed by atoms with Gasteiger partial charge in [0.05, 0.1) is 37.8 Å². The zero-order valence-corrected chi connectivity index (χ0v) is 13.5. The lowest BCUT2D eigenvalue weighted by Crippen LogP contribution is -2.64. The van der Waals surface area contributed by atoms with Crippen molar-refractivity contribution in [3.63, 3.8) is 0 Å². The minimum absolute atomic E-state index is 0.0235. The van der Waals surface area contributed by atoms with Gasteiger partial charge in [-0.3, -0.25) is 4.90 Å². The van der Waals surface area contributed by atoms with E-state index in [1.54, 1.807) is 12.4 Å². The van der Waals surface area contributed by atoms with E-state index in [1.807, 2.05) is 36.1 Å². The van der Waals surface area contributed by atoms with Crippen molar-refractivity contribution in [2.24, 2.45) is 0 Å². The van der Waals surface area contributed by atoms with E-state index >= 15 is 0 Å². The summed E-state index contributed by atoms with van der Waals surface area (Å²) >= 11 is 0. The predicted octanol–water partition coefficient (Wildman–Crippen LogP) is 0.761. The molecule has 7 nitrogen and oxygen atoms in total. The van der Waals surface area contributed by atoms with E-state index < -0.39 is 5.54 Å². The van der Waals surface area contributed by atoms with Crippen LogP contribution < -0.4 is 5.32 Å². The molecular formula is C16H23N5O2. The third-order valence-electron chi connectivity index (χ3n) is 4.54.